The number of aromatic nitrogens is 3. The minimum absolute atomic E-state index is 0.937. The predicted molar refractivity (Wildman–Crippen MR) is 229 cm³/mol. The Labute approximate surface area is 320 Å². The van der Waals surface area contributed by atoms with E-state index in [0.29, 0.717) is 0 Å². The van der Waals surface area contributed by atoms with Gasteiger partial charge in [0.2, 0.25) is 0 Å². The second-order valence-electron chi connectivity index (χ2n) is 13.8. The molecule has 3 heterocycles. The molecular formula is C52H35N3. The van der Waals surface area contributed by atoms with Crippen LogP contribution in [0.2, 0.25) is 0 Å². The molecule has 7 aromatic carbocycles. The Kier molecular flexibility index (Phi) is 8.16. The zero-order chi connectivity index (χ0) is 36.6. The highest BCUT2D eigenvalue weighted by molar-refractivity contribution is 6.19. The summed E-state index contributed by atoms with van der Waals surface area (Å²) >= 11 is 0. The van der Waals surface area contributed by atoms with E-state index in [-0.39, 0.29) is 0 Å². The lowest BCUT2D eigenvalue weighted by atomic mass is 9.96. The van der Waals surface area contributed by atoms with Crippen LogP contribution in [-0.4, -0.2) is 14.5 Å². The number of para-hydroxylation sites is 1. The van der Waals surface area contributed by atoms with Gasteiger partial charge in [-0.15, -0.1) is 0 Å². The number of nitrogens with zero attached hydrogens (tertiary/aromatic N) is 3. The van der Waals surface area contributed by atoms with Gasteiger partial charge in [0, 0.05) is 44.9 Å². The zero-order valence-corrected chi connectivity index (χ0v) is 30.0. The van der Waals surface area contributed by atoms with Gasteiger partial charge in [-0.25, -0.2) is 4.98 Å². The van der Waals surface area contributed by atoms with Crippen molar-refractivity contribution in [3.8, 4) is 72.8 Å². The Morgan fingerprint density at radius 1 is 0.364 bits per heavy atom. The SMILES string of the molecule is c1ccc(-c2cc(-c3ccccc3)nc(-c3cccc(-c4ccc5c(c4)c4c(-c6ccccc6)ncc(-c6ccccc6)c4n5-c4ccccc4)c3)c2)cc1. The molecule has 3 nitrogen and oxygen atoms in total. The molecule has 0 saturated carbocycles. The molecule has 3 heteroatoms. The molecule has 0 radical (unpaired) electrons. The summed E-state index contributed by atoms with van der Waals surface area (Å²) in [6, 6.07) is 72.9. The first-order valence-electron chi connectivity index (χ1n) is 18.7. The van der Waals surface area contributed by atoms with Gasteiger partial charge < -0.3 is 4.57 Å². The number of benzene rings is 7. The summed E-state index contributed by atoms with van der Waals surface area (Å²) in [6.45, 7) is 0. The van der Waals surface area contributed by atoms with Crippen molar-refractivity contribution in [2.24, 2.45) is 0 Å². The first-order chi connectivity index (χ1) is 27.3. The lowest BCUT2D eigenvalue weighted by Crippen LogP contribution is -1.96. The van der Waals surface area contributed by atoms with Crippen LogP contribution < -0.4 is 0 Å². The maximum Gasteiger partial charge on any atom is 0.0802 e. The molecule has 0 saturated heterocycles. The fourth-order valence-corrected chi connectivity index (χ4v) is 7.80. The van der Waals surface area contributed by atoms with Gasteiger partial charge in [0.25, 0.3) is 0 Å². The molecule has 0 fully saturated rings. The van der Waals surface area contributed by atoms with Gasteiger partial charge in [-0.05, 0) is 70.3 Å². The molecule has 3 aromatic heterocycles. The molecule has 0 aliphatic rings. The largest absolute Gasteiger partial charge is 0.308 e. The van der Waals surface area contributed by atoms with E-state index >= 15 is 0 Å². The van der Waals surface area contributed by atoms with Gasteiger partial charge in [0.1, 0.15) is 0 Å². The number of rotatable bonds is 7. The highest BCUT2D eigenvalue weighted by atomic mass is 15.0. The summed E-state index contributed by atoms with van der Waals surface area (Å²) in [5.74, 6) is 0. The molecule has 10 rings (SSSR count). The number of fused-ring (bicyclic) bond motifs is 3. The van der Waals surface area contributed by atoms with Gasteiger partial charge >= 0.3 is 0 Å². The second-order valence-corrected chi connectivity index (χ2v) is 13.8. The van der Waals surface area contributed by atoms with Crippen molar-refractivity contribution < 1.29 is 0 Å². The summed E-state index contributed by atoms with van der Waals surface area (Å²) in [4.78, 5) is 10.4. The van der Waals surface area contributed by atoms with E-state index in [1.54, 1.807) is 0 Å². The number of pyridine rings is 2. The lowest BCUT2D eigenvalue weighted by Gasteiger charge is -2.13. The number of hydrogen-bond donors (Lipinski definition) is 0. The molecule has 0 aliphatic heterocycles. The van der Waals surface area contributed by atoms with Gasteiger partial charge in [-0.1, -0.05) is 164 Å². The molecule has 0 aliphatic carbocycles. The Hall–Kier alpha value is -7.36. The highest BCUT2D eigenvalue weighted by Gasteiger charge is 2.22. The highest BCUT2D eigenvalue weighted by Crippen LogP contribution is 2.43. The Morgan fingerprint density at radius 3 is 1.56 bits per heavy atom. The first-order valence-corrected chi connectivity index (χ1v) is 18.7. The molecule has 10 aromatic rings. The summed E-state index contributed by atoms with van der Waals surface area (Å²) in [6.07, 6.45) is 2.04. The zero-order valence-electron chi connectivity index (χ0n) is 30.0. The lowest BCUT2D eigenvalue weighted by molar-refractivity contribution is 1.18. The number of hydrogen-bond acceptors (Lipinski definition) is 2. The molecule has 0 spiro atoms. The van der Waals surface area contributed by atoms with Crippen molar-refractivity contribution in [2.75, 3.05) is 0 Å². The third-order valence-corrected chi connectivity index (χ3v) is 10.4. The van der Waals surface area contributed by atoms with Crippen LogP contribution in [0.1, 0.15) is 0 Å². The Bertz CT molecular complexity index is 2880. The third-order valence-electron chi connectivity index (χ3n) is 10.4. The van der Waals surface area contributed by atoms with E-state index in [0.717, 1.165) is 94.6 Å². The predicted octanol–water partition coefficient (Wildman–Crippen LogP) is 13.6. The molecule has 55 heavy (non-hydrogen) atoms. The van der Waals surface area contributed by atoms with Crippen molar-refractivity contribution in [1.29, 1.82) is 0 Å². The smallest absolute Gasteiger partial charge is 0.0802 e. The fraction of sp³-hybridized carbons (Fsp3) is 0. The van der Waals surface area contributed by atoms with Gasteiger partial charge in [0.15, 0.2) is 0 Å². The Morgan fingerprint density at radius 2 is 0.891 bits per heavy atom. The molecule has 0 atom stereocenters. The van der Waals surface area contributed by atoms with E-state index in [4.69, 9.17) is 9.97 Å². The minimum atomic E-state index is 0.937. The van der Waals surface area contributed by atoms with E-state index < -0.39 is 0 Å². The maximum absolute atomic E-state index is 5.23. The second kappa shape index (κ2) is 13.9. The van der Waals surface area contributed by atoms with E-state index in [9.17, 15) is 0 Å². The monoisotopic (exact) mass is 701 g/mol. The van der Waals surface area contributed by atoms with E-state index in [2.05, 4.69) is 205 Å². The summed E-state index contributed by atoms with van der Waals surface area (Å²) < 4.78 is 2.41. The summed E-state index contributed by atoms with van der Waals surface area (Å²) in [5.41, 5.74) is 16.3. The molecule has 0 bridgehead atoms. The Balaban J connectivity index is 1.20. The van der Waals surface area contributed by atoms with E-state index in [1.165, 1.54) is 0 Å². The normalized spacial score (nSPS) is 11.3. The molecular weight excluding hydrogens is 667 g/mol. The standard InChI is InChI=1S/C52H35N3/c1-6-17-36(18-7-1)43-33-47(38-21-10-3-11-22-38)54-48(34-43)42-26-16-25-40(31-42)41-29-30-49-45(32-41)50-51(39-23-12-4-13-24-39)53-35-46(37-19-8-2-9-20-37)52(50)55(49)44-27-14-5-15-28-44/h1-35H. The average Bonchev–Trinajstić information content (AvgIpc) is 3.62. The van der Waals surface area contributed by atoms with E-state index in [1.807, 2.05) is 12.3 Å². The molecule has 0 amide bonds. The quantitative estimate of drug-likeness (QED) is 0.166. The first kappa shape index (κ1) is 32.3. The third kappa shape index (κ3) is 5.98. The van der Waals surface area contributed by atoms with Crippen molar-refractivity contribution in [2.45, 2.75) is 0 Å². The van der Waals surface area contributed by atoms with Crippen LogP contribution in [0.4, 0.5) is 0 Å². The van der Waals surface area contributed by atoms with Crippen LogP contribution in [0, 0.1) is 0 Å². The van der Waals surface area contributed by atoms with Crippen molar-refractivity contribution in [1.82, 2.24) is 14.5 Å². The maximum atomic E-state index is 5.23. The molecule has 0 unspecified atom stereocenters. The van der Waals surface area contributed by atoms with Crippen molar-refractivity contribution >= 4 is 21.8 Å². The van der Waals surface area contributed by atoms with Crippen molar-refractivity contribution in [3.63, 3.8) is 0 Å². The van der Waals surface area contributed by atoms with Crippen LogP contribution in [0.15, 0.2) is 212 Å². The van der Waals surface area contributed by atoms with Crippen LogP contribution in [-0.2, 0) is 0 Å². The van der Waals surface area contributed by atoms with Crippen molar-refractivity contribution in [3.05, 3.63) is 212 Å². The summed E-state index contributed by atoms with van der Waals surface area (Å²) in [7, 11) is 0. The van der Waals surface area contributed by atoms with Gasteiger partial charge in [-0.2, -0.15) is 0 Å². The van der Waals surface area contributed by atoms with Gasteiger partial charge in [0.05, 0.1) is 28.1 Å². The van der Waals surface area contributed by atoms with Gasteiger partial charge in [-0.3, -0.25) is 4.98 Å². The topological polar surface area (TPSA) is 30.7 Å². The van der Waals surface area contributed by atoms with Crippen LogP contribution in [0.25, 0.3) is 94.6 Å². The molecule has 258 valence electrons. The van der Waals surface area contributed by atoms with Crippen LogP contribution in [0.5, 0.6) is 0 Å². The summed E-state index contributed by atoms with van der Waals surface area (Å²) in [5, 5.41) is 2.29. The fourth-order valence-electron chi connectivity index (χ4n) is 7.80. The van der Waals surface area contributed by atoms with Crippen LogP contribution >= 0.6 is 0 Å². The molecule has 0 N–H and O–H groups in total. The van der Waals surface area contributed by atoms with Crippen LogP contribution in [0.3, 0.4) is 0 Å². The minimum Gasteiger partial charge on any atom is -0.308 e. The average molecular weight is 702 g/mol.